The Morgan fingerprint density at radius 1 is 1.00 bits per heavy atom. The van der Waals surface area contributed by atoms with Crippen LogP contribution in [-0.4, -0.2) is 10.9 Å². The number of hydrogen-bond donors (Lipinski definition) is 1. The molecule has 0 amide bonds. The Kier molecular flexibility index (Phi) is 4.85. The summed E-state index contributed by atoms with van der Waals surface area (Å²) < 4.78 is 0. The van der Waals surface area contributed by atoms with Crippen LogP contribution >= 0.6 is 11.8 Å². The molecule has 94 valence electrons. The van der Waals surface area contributed by atoms with Crippen LogP contribution in [0.3, 0.4) is 0 Å². The fourth-order valence-corrected chi connectivity index (χ4v) is 2.68. The van der Waals surface area contributed by atoms with Crippen LogP contribution in [0.5, 0.6) is 0 Å². The van der Waals surface area contributed by atoms with Gasteiger partial charge in [0.1, 0.15) is 0 Å². The van der Waals surface area contributed by atoms with Crippen molar-refractivity contribution in [1.82, 2.24) is 0 Å². The highest BCUT2D eigenvalue weighted by molar-refractivity contribution is 7.99. The van der Waals surface area contributed by atoms with Gasteiger partial charge >= 0.3 is 0 Å². The third-order valence-corrected chi connectivity index (χ3v) is 3.88. The van der Waals surface area contributed by atoms with E-state index in [-0.39, 0.29) is 6.10 Å². The van der Waals surface area contributed by atoms with E-state index in [2.05, 4.69) is 36.4 Å². The lowest BCUT2D eigenvalue weighted by Crippen LogP contribution is -1.91. The van der Waals surface area contributed by atoms with Gasteiger partial charge in [0.15, 0.2) is 0 Å². The molecule has 1 N–H and O–H groups in total. The van der Waals surface area contributed by atoms with Gasteiger partial charge in [0.05, 0.1) is 6.10 Å². The Hall–Kier alpha value is -1.25. The average molecular weight is 258 g/mol. The Morgan fingerprint density at radius 2 is 1.67 bits per heavy atom. The van der Waals surface area contributed by atoms with E-state index in [4.69, 9.17) is 0 Å². The normalized spacial score (nSPS) is 12.3. The molecule has 0 bridgehead atoms. The summed E-state index contributed by atoms with van der Waals surface area (Å²) >= 11 is 1.85. The number of benzene rings is 2. The maximum Gasteiger partial charge on any atom is 0.0761 e. The lowest BCUT2D eigenvalue weighted by atomic mass is 10.1. The van der Waals surface area contributed by atoms with Gasteiger partial charge in [0, 0.05) is 10.6 Å². The van der Waals surface area contributed by atoms with Gasteiger partial charge in [-0.05, 0) is 36.6 Å². The first kappa shape index (κ1) is 13.2. The summed E-state index contributed by atoms with van der Waals surface area (Å²) in [6, 6.07) is 18.7. The SMILES string of the molecule is CC(O)c1ccc(SCCc2ccccc2)cc1. The van der Waals surface area contributed by atoms with Gasteiger partial charge in [-0.3, -0.25) is 0 Å². The molecule has 1 nitrogen and oxygen atoms in total. The molecule has 0 spiro atoms. The first-order chi connectivity index (χ1) is 8.75. The van der Waals surface area contributed by atoms with Gasteiger partial charge < -0.3 is 5.11 Å². The Balaban J connectivity index is 1.83. The minimum atomic E-state index is -0.381. The highest BCUT2D eigenvalue weighted by Gasteiger charge is 2.00. The molecular weight excluding hydrogens is 240 g/mol. The zero-order valence-electron chi connectivity index (χ0n) is 10.5. The third kappa shape index (κ3) is 3.90. The second-order valence-corrected chi connectivity index (χ2v) is 5.50. The summed E-state index contributed by atoms with van der Waals surface area (Å²) in [5, 5.41) is 9.43. The zero-order chi connectivity index (χ0) is 12.8. The first-order valence-corrected chi connectivity index (χ1v) is 7.19. The highest BCUT2D eigenvalue weighted by atomic mass is 32.2. The Bertz CT molecular complexity index is 462. The van der Waals surface area contributed by atoms with E-state index in [1.807, 2.05) is 30.0 Å². The summed E-state index contributed by atoms with van der Waals surface area (Å²) in [4.78, 5) is 1.26. The molecule has 2 heteroatoms. The number of aryl methyl sites for hydroxylation is 1. The van der Waals surface area contributed by atoms with Gasteiger partial charge in [0.25, 0.3) is 0 Å². The van der Waals surface area contributed by atoms with E-state index in [0.29, 0.717) is 0 Å². The Morgan fingerprint density at radius 3 is 2.28 bits per heavy atom. The summed E-state index contributed by atoms with van der Waals surface area (Å²) in [5.74, 6) is 1.08. The van der Waals surface area contributed by atoms with Crippen molar-refractivity contribution in [2.75, 3.05) is 5.75 Å². The third-order valence-electron chi connectivity index (χ3n) is 2.86. The van der Waals surface area contributed by atoms with E-state index >= 15 is 0 Å². The van der Waals surface area contributed by atoms with Gasteiger partial charge in [-0.15, -0.1) is 11.8 Å². The predicted molar refractivity (Wildman–Crippen MR) is 77.9 cm³/mol. The molecule has 1 atom stereocenters. The molecule has 0 saturated carbocycles. The van der Waals surface area contributed by atoms with Gasteiger partial charge in [-0.1, -0.05) is 42.5 Å². The number of hydrogen-bond acceptors (Lipinski definition) is 2. The van der Waals surface area contributed by atoms with Crippen LogP contribution in [0, 0.1) is 0 Å². The van der Waals surface area contributed by atoms with Crippen molar-refractivity contribution in [3.8, 4) is 0 Å². The summed E-state index contributed by atoms with van der Waals surface area (Å²) in [6.07, 6.45) is 0.706. The van der Waals surface area contributed by atoms with E-state index in [0.717, 1.165) is 17.7 Å². The molecule has 18 heavy (non-hydrogen) atoms. The molecular formula is C16H18OS. The zero-order valence-corrected chi connectivity index (χ0v) is 11.4. The monoisotopic (exact) mass is 258 g/mol. The van der Waals surface area contributed by atoms with Crippen molar-refractivity contribution in [3.05, 3.63) is 65.7 Å². The van der Waals surface area contributed by atoms with E-state index in [9.17, 15) is 5.11 Å². The molecule has 2 aromatic rings. The lowest BCUT2D eigenvalue weighted by Gasteiger charge is -2.06. The molecule has 2 rings (SSSR count). The fourth-order valence-electron chi connectivity index (χ4n) is 1.77. The number of aliphatic hydroxyl groups is 1. The van der Waals surface area contributed by atoms with Crippen LogP contribution in [0.4, 0.5) is 0 Å². The van der Waals surface area contributed by atoms with Crippen molar-refractivity contribution in [2.24, 2.45) is 0 Å². The number of thioether (sulfide) groups is 1. The lowest BCUT2D eigenvalue weighted by molar-refractivity contribution is 0.199. The topological polar surface area (TPSA) is 20.2 Å². The summed E-state index contributed by atoms with van der Waals surface area (Å²) in [6.45, 7) is 1.79. The van der Waals surface area contributed by atoms with Crippen molar-refractivity contribution >= 4 is 11.8 Å². The quantitative estimate of drug-likeness (QED) is 0.816. The second kappa shape index (κ2) is 6.62. The molecule has 0 heterocycles. The Labute approximate surface area is 113 Å². The summed E-state index contributed by atoms with van der Waals surface area (Å²) in [7, 11) is 0. The van der Waals surface area contributed by atoms with Crippen molar-refractivity contribution in [1.29, 1.82) is 0 Å². The predicted octanol–water partition coefficient (Wildman–Crippen LogP) is 4.07. The van der Waals surface area contributed by atoms with Gasteiger partial charge in [0.2, 0.25) is 0 Å². The van der Waals surface area contributed by atoms with Crippen LogP contribution < -0.4 is 0 Å². The van der Waals surface area contributed by atoms with E-state index < -0.39 is 0 Å². The first-order valence-electron chi connectivity index (χ1n) is 6.20. The van der Waals surface area contributed by atoms with E-state index in [1.54, 1.807) is 6.92 Å². The van der Waals surface area contributed by atoms with Crippen LogP contribution in [0.25, 0.3) is 0 Å². The van der Waals surface area contributed by atoms with Crippen LogP contribution in [0.1, 0.15) is 24.2 Å². The molecule has 0 aliphatic carbocycles. The number of rotatable bonds is 5. The van der Waals surface area contributed by atoms with Crippen LogP contribution in [0.15, 0.2) is 59.5 Å². The fraction of sp³-hybridized carbons (Fsp3) is 0.250. The highest BCUT2D eigenvalue weighted by Crippen LogP contribution is 2.21. The van der Waals surface area contributed by atoms with Crippen LogP contribution in [0.2, 0.25) is 0 Å². The number of aliphatic hydroxyl groups excluding tert-OH is 1. The maximum atomic E-state index is 9.43. The van der Waals surface area contributed by atoms with Crippen molar-refractivity contribution in [3.63, 3.8) is 0 Å². The minimum Gasteiger partial charge on any atom is -0.389 e. The molecule has 0 saturated heterocycles. The maximum absolute atomic E-state index is 9.43. The molecule has 0 aromatic heterocycles. The molecule has 0 fully saturated rings. The van der Waals surface area contributed by atoms with Crippen molar-refractivity contribution < 1.29 is 5.11 Å². The standard InChI is InChI=1S/C16H18OS/c1-13(17)15-7-9-16(10-8-15)18-12-11-14-5-3-2-4-6-14/h2-10,13,17H,11-12H2,1H3. The van der Waals surface area contributed by atoms with Gasteiger partial charge in [-0.2, -0.15) is 0 Å². The minimum absolute atomic E-state index is 0.381. The second-order valence-electron chi connectivity index (χ2n) is 4.33. The largest absolute Gasteiger partial charge is 0.389 e. The molecule has 0 aliphatic rings. The van der Waals surface area contributed by atoms with Gasteiger partial charge in [-0.25, -0.2) is 0 Å². The van der Waals surface area contributed by atoms with E-state index in [1.165, 1.54) is 10.5 Å². The molecule has 0 aliphatic heterocycles. The molecule has 0 radical (unpaired) electrons. The van der Waals surface area contributed by atoms with Crippen LogP contribution in [-0.2, 0) is 6.42 Å². The molecule has 1 unspecified atom stereocenters. The van der Waals surface area contributed by atoms with Crippen molar-refractivity contribution in [2.45, 2.75) is 24.3 Å². The smallest absolute Gasteiger partial charge is 0.0761 e. The summed E-state index contributed by atoms with van der Waals surface area (Å²) in [5.41, 5.74) is 2.35. The molecule has 2 aromatic carbocycles. The average Bonchev–Trinajstić information content (AvgIpc) is 2.40.